The van der Waals surface area contributed by atoms with Crippen molar-refractivity contribution >= 4 is 15.9 Å². The highest BCUT2D eigenvalue weighted by atomic mass is 79.9. The third-order valence-electron chi connectivity index (χ3n) is 4.93. The highest BCUT2D eigenvalue weighted by molar-refractivity contribution is 9.10. The highest BCUT2D eigenvalue weighted by Gasteiger charge is 2.26. The topological polar surface area (TPSA) is 75.2 Å². The van der Waals surface area contributed by atoms with E-state index in [-0.39, 0.29) is 6.10 Å². The zero-order valence-electron chi connectivity index (χ0n) is 15.6. The van der Waals surface area contributed by atoms with Gasteiger partial charge in [-0.1, -0.05) is 45.4 Å². The monoisotopic (exact) mass is 452 g/mol. The van der Waals surface area contributed by atoms with Crippen molar-refractivity contribution in [1.29, 1.82) is 0 Å². The summed E-state index contributed by atoms with van der Waals surface area (Å²) in [6, 6.07) is 15.7. The van der Waals surface area contributed by atoms with Crippen LogP contribution in [0.5, 0.6) is 5.75 Å². The quantitative estimate of drug-likeness (QED) is 0.448. The van der Waals surface area contributed by atoms with Gasteiger partial charge in [0.1, 0.15) is 11.9 Å². The van der Waals surface area contributed by atoms with Crippen molar-refractivity contribution < 1.29 is 14.0 Å². The van der Waals surface area contributed by atoms with E-state index in [1.165, 1.54) is 0 Å². The van der Waals surface area contributed by atoms with Crippen molar-refractivity contribution in [3.8, 4) is 28.7 Å². The molecular formula is C21H17BrN4O3. The fourth-order valence-electron chi connectivity index (χ4n) is 3.39. The lowest BCUT2D eigenvalue weighted by Crippen LogP contribution is -2.20. The minimum atomic E-state index is -0.0460. The Labute approximate surface area is 175 Å². The number of aromatic nitrogens is 4. The summed E-state index contributed by atoms with van der Waals surface area (Å²) in [5.74, 6) is 1.74. The Morgan fingerprint density at radius 2 is 2.03 bits per heavy atom. The van der Waals surface area contributed by atoms with Crippen molar-refractivity contribution in [2.45, 2.75) is 19.3 Å². The Kier molecular flexibility index (Phi) is 4.65. The molecule has 29 heavy (non-hydrogen) atoms. The summed E-state index contributed by atoms with van der Waals surface area (Å²) in [6.07, 6.45) is 1.75. The van der Waals surface area contributed by atoms with Crippen LogP contribution in [0.4, 0.5) is 0 Å². The molecule has 1 aliphatic rings. The Morgan fingerprint density at radius 3 is 2.83 bits per heavy atom. The molecule has 8 heteroatoms. The number of fused-ring (bicyclic) bond motifs is 1. The lowest BCUT2D eigenvalue weighted by Gasteiger charge is -2.25. The zero-order chi connectivity index (χ0) is 19.8. The van der Waals surface area contributed by atoms with Crippen LogP contribution in [0.1, 0.15) is 17.4 Å². The molecule has 5 rings (SSSR count). The van der Waals surface area contributed by atoms with Crippen LogP contribution in [-0.4, -0.2) is 26.8 Å². The number of methoxy groups -OCH3 is 1. The molecular weight excluding hydrogens is 436 g/mol. The molecule has 7 nitrogen and oxygen atoms in total. The minimum absolute atomic E-state index is 0.0460. The third kappa shape index (κ3) is 3.45. The van der Waals surface area contributed by atoms with Crippen LogP contribution in [0.25, 0.3) is 23.0 Å². The molecule has 2 aromatic carbocycles. The summed E-state index contributed by atoms with van der Waals surface area (Å²) >= 11 is 3.46. The van der Waals surface area contributed by atoms with Gasteiger partial charge in [-0.05, 0) is 29.8 Å². The van der Waals surface area contributed by atoms with Crippen LogP contribution in [-0.2, 0) is 17.9 Å². The van der Waals surface area contributed by atoms with Gasteiger partial charge in [0, 0.05) is 10.0 Å². The minimum Gasteiger partial charge on any atom is -0.497 e. The molecule has 0 spiro atoms. The molecule has 0 bridgehead atoms. The zero-order valence-corrected chi connectivity index (χ0v) is 17.2. The van der Waals surface area contributed by atoms with E-state index in [9.17, 15) is 0 Å². The second-order valence-electron chi connectivity index (χ2n) is 6.70. The van der Waals surface area contributed by atoms with Gasteiger partial charge in [0.2, 0.25) is 5.82 Å². The van der Waals surface area contributed by atoms with Crippen LogP contribution in [0, 0.1) is 0 Å². The number of hydrogen-bond acceptors (Lipinski definition) is 6. The predicted octanol–water partition coefficient (Wildman–Crippen LogP) is 4.64. The van der Waals surface area contributed by atoms with Crippen LogP contribution in [0.15, 0.2) is 63.9 Å². The highest BCUT2D eigenvalue weighted by Crippen LogP contribution is 2.32. The first-order valence-electron chi connectivity index (χ1n) is 9.11. The van der Waals surface area contributed by atoms with Crippen molar-refractivity contribution in [3.05, 3.63) is 70.6 Å². The Bertz CT molecular complexity index is 1150. The summed E-state index contributed by atoms with van der Waals surface area (Å²) in [5, 5.41) is 4.10. The molecule has 1 atom stereocenters. The van der Waals surface area contributed by atoms with Crippen molar-refractivity contribution in [1.82, 2.24) is 19.7 Å². The van der Waals surface area contributed by atoms with Crippen molar-refractivity contribution in [2.24, 2.45) is 0 Å². The van der Waals surface area contributed by atoms with Crippen LogP contribution >= 0.6 is 15.9 Å². The molecule has 1 unspecified atom stereocenters. The lowest BCUT2D eigenvalue weighted by atomic mass is 10.1. The van der Waals surface area contributed by atoms with E-state index < -0.39 is 0 Å². The molecule has 0 fully saturated rings. The molecule has 0 N–H and O–H groups in total. The fraction of sp³-hybridized carbons (Fsp3) is 0.190. The maximum atomic E-state index is 6.09. The predicted molar refractivity (Wildman–Crippen MR) is 109 cm³/mol. The summed E-state index contributed by atoms with van der Waals surface area (Å²) < 4.78 is 19.8. The summed E-state index contributed by atoms with van der Waals surface area (Å²) in [5.41, 5.74) is 3.56. The van der Waals surface area contributed by atoms with Crippen LogP contribution in [0.3, 0.4) is 0 Å². The van der Waals surface area contributed by atoms with Crippen molar-refractivity contribution in [3.63, 3.8) is 0 Å². The first-order chi connectivity index (χ1) is 14.2. The molecule has 0 saturated heterocycles. The number of nitrogens with zero attached hydrogens (tertiary/aromatic N) is 4. The van der Waals surface area contributed by atoms with Gasteiger partial charge in [0.05, 0.1) is 32.3 Å². The van der Waals surface area contributed by atoms with Crippen LogP contribution < -0.4 is 4.74 Å². The normalized spacial score (nSPS) is 15.9. The maximum absolute atomic E-state index is 6.09. The summed E-state index contributed by atoms with van der Waals surface area (Å²) in [7, 11) is 1.66. The molecule has 4 aromatic rings. The van der Waals surface area contributed by atoms with E-state index in [0.29, 0.717) is 30.6 Å². The van der Waals surface area contributed by atoms with Crippen LogP contribution in [0.2, 0.25) is 0 Å². The molecule has 1 aliphatic heterocycles. The molecule has 146 valence electrons. The SMILES string of the molecule is COc1ccc(C2Cn3cnc(-c4nc(-c5cccc(Br)c5)no4)c3CO2)cc1. The molecule has 3 heterocycles. The van der Waals surface area contributed by atoms with E-state index >= 15 is 0 Å². The third-order valence-corrected chi connectivity index (χ3v) is 5.42. The van der Waals surface area contributed by atoms with E-state index in [1.54, 1.807) is 13.4 Å². The van der Waals surface area contributed by atoms with E-state index in [0.717, 1.165) is 27.0 Å². The van der Waals surface area contributed by atoms with Gasteiger partial charge in [0.25, 0.3) is 5.89 Å². The largest absolute Gasteiger partial charge is 0.497 e. The maximum Gasteiger partial charge on any atom is 0.278 e. The Hall–Kier alpha value is -2.97. The number of ether oxygens (including phenoxy) is 2. The second kappa shape index (κ2) is 7.46. The number of rotatable bonds is 4. The molecule has 0 aliphatic carbocycles. The van der Waals surface area contributed by atoms with Crippen molar-refractivity contribution in [2.75, 3.05) is 7.11 Å². The average molecular weight is 453 g/mol. The second-order valence-corrected chi connectivity index (χ2v) is 7.61. The summed E-state index contributed by atoms with van der Waals surface area (Å²) in [6.45, 7) is 1.09. The first-order valence-corrected chi connectivity index (χ1v) is 9.90. The van der Waals surface area contributed by atoms with Gasteiger partial charge in [-0.2, -0.15) is 4.98 Å². The number of imidazole rings is 1. The molecule has 0 saturated carbocycles. The lowest BCUT2D eigenvalue weighted by molar-refractivity contribution is 0.00328. The van der Waals surface area contributed by atoms with Gasteiger partial charge in [-0.25, -0.2) is 4.98 Å². The summed E-state index contributed by atoms with van der Waals surface area (Å²) in [4.78, 5) is 9.03. The molecule has 0 amide bonds. The number of halogens is 1. The standard InChI is InChI=1S/C21H17BrN4O3/c1-27-16-7-5-13(6-8-16)18-10-26-12-23-19(17(26)11-28-18)21-24-20(25-29-21)14-3-2-4-15(22)9-14/h2-9,12,18H,10-11H2,1H3. The fourth-order valence-corrected chi connectivity index (χ4v) is 3.79. The molecule has 2 aromatic heterocycles. The average Bonchev–Trinajstić information content (AvgIpc) is 3.40. The van der Waals surface area contributed by atoms with Gasteiger partial charge < -0.3 is 18.6 Å². The van der Waals surface area contributed by atoms with Gasteiger partial charge >= 0.3 is 0 Å². The van der Waals surface area contributed by atoms with E-state index in [1.807, 2.05) is 48.5 Å². The Morgan fingerprint density at radius 1 is 1.17 bits per heavy atom. The van der Waals surface area contributed by atoms with E-state index in [4.69, 9.17) is 14.0 Å². The van der Waals surface area contributed by atoms with Gasteiger partial charge in [0.15, 0.2) is 5.69 Å². The number of hydrogen-bond donors (Lipinski definition) is 0. The Balaban J connectivity index is 1.39. The smallest absolute Gasteiger partial charge is 0.278 e. The van der Waals surface area contributed by atoms with E-state index in [2.05, 4.69) is 35.6 Å². The molecule has 0 radical (unpaired) electrons. The number of benzene rings is 2. The first kappa shape index (κ1) is 18.1. The van der Waals surface area contributed by atoms with Gasteiger partial charge in [-0.3, -0.25) is 0 Å². The van der Waals surface area contributed by atoms with Gasteiger partial charge in [-0.15, -0.1) is 0 Å².